The second-order valence-electron chi connectivity index (χ2n) is 7.21. The van der Waals surface area contributed by atoms with Crippen molar-refractivity contribution in [3.63, 3.8) is 0 Å². The van der Waals surface area contributed by atoms with Crippen LogP contribution in [0, 0.1) is 6.92 Å². The number of benzene rings is 1. The van der Waals surface area contributed by atoms with E-state index in [4.69, 9.17) is 4.74 Å². The van der Waals surface area contributed by atoms with Crippen LogP contribution in [0.3, 0.4) is 0 Å². The smallest absolute Gasteiger partial charge is 0.272 e. The summed E-state index contributed by atoms with van der Waals surface area (Å²) in [4.78, 5) is 25.9. The Hall–Kier alpha value is -1.99. The lowest BCUT2D eigenvalue weighted by atomic mass is 10.0. The van der Waals surface area contributed by atoms with Crippen LogP contribution in [0.2, 0.25) is 0 Å². The highest BCUT2D eigenvalue weighted by molar-refractivity contribution is 9.10. The highest BCUT2D eigenvalue weighted by atomic mass is 79.9. The van der Waals surface area contributed by atoms with Crippen molar-refractivity contribution in [3.8, 4) is 0 Å². The minimum absolute atomic E-state index is 0.0691. The van der Waals surface area contributed by atoms with Gasteiger partial charge in [0.05, 0.1) is 18.9 Å². The zero-order valence-electron chi connectivity index (χ0n) is 16.9. The molecule has 7 heteroatoms. The Labute approximate surface area is 175 Å². The fourth-order valence-electron chi connectivity index (χ4n) is 3.23. The van der Waals surface area contributed by atoms with Crippen LogP contribution in [0.5, 0.6) is 0 Å². The third-order valence-electron chi connectivity index (χ3n) is 4.85. The minimum Gasteiger partial charge on any atom is -0.378 e. The molecule has 0 aliphatic carbocycles. The molecule has 3 rings (SSSR count). The lowest BCUT2D eigenvalue weighted by Gasteiger charge is -2.27. The lowest BCUT2D eigenvalue weighted by Crippen LogP contribution is -2.41. The maximum Gasteiger partial charge on any atom is 0.272 e. The Balaban J connectivity index is 1.95. The Morgan fingerprint density at radius 1 is 1.25 bits per heavy atom. The van der Waals surface area contributed by atoms with E-state index in [0.29, 0.717) is 50.4 Å². The van der Waals surface area contributed by atoms with E-state index in [0.717, 1.165) is 15.9 Å². The molecule has 0 spiro atoms. The molecule has 1 aromatic heterocycles. The molecule has 2 aromatic rings. The van der Waals surface area contributed by atoms with Gasteiger partial charge < -0.3 is 14.5 Å². The molecule has 150 valence electrons. The summed E-state index contributed by atoms with van der Waals surface area (Å²) in [6.45, 7) is 11.3. The van der Waals surface area contributed by atoms with Gasteiger partial charge in [0, 0.05) is 29.8 Å². The van der Waals surface area contributed by atoms with Crippen molar-refractivity contribution in [1.29, 1.82) is 0 Å². The van der Waals surface area contributed by atoms with Crippen molar-refractivity contribution < 1.29 is 9.53 Å². The first kappa shape index (κ1) is 20.7. The predicted molar refractivity (Wildman–Crippen MR) is 114 cm³/mol. The van der Waals surface area contributed by atoms with Crippen LogP contribution in [-0.2, 0) is 4.74 Å². The largest absolute Gasteiger partial charge is 0.378 e. The Bertz CT molecular complexity index is 850. The third-order valence-corrected chi connectivity index (χ3v) is 5.48. The number of morpholine rings is 1. The summed E-state index contributed by atoms with van der Waals surface area (Å²) < 4.78 is 6.34. The highest BCUT2D eigenvalue weighted by Crippen LogP contribution is 2.33. The van der Waals surface area contributed by atoms with Gasteiger partial charge in [-0.3, -0.25) is 4.79 Å². The van der Waals surface area contributed by atoms with Gasteiger partial charge in [0.15, 0.2) is 0 Å². The number of anilines is 2. The van der Waals surface area contributed by atoms with E-state index in [1.807, 2.05) is 11.8 Å². The first-order valence-corrected chi connectivity index (χ1v) is 10.5. The molecule has 2 heterocycles. The van der Waals surface area contributed by atoms with Gasteiger partial charge in [0.2, 0.25) is 5.95 Å². The number of halogens is 1. The van der Waals surface area contributed by atoms with E-state index in [1.165, 1.54) is 5.56 Å². The normalized spacial score (nSPS) is 14.4. The maximum absolute atomic E-state index is 12.9. The van der Waals surface area contributed by atoms with Gasteiger partial charge in [-0.1, -0.05) is 19.9 Å². The van der Waals surface area contributed by atoms with E-state index in [2.05, 4.69) is 64.9 Å². The van der Waals surface area contributed by atoms with Crippen LogP contribution in [0.15, 0.2) is 28.7 Å². The van der Waals surface area contributed by atoms with E-state index < -0.39 is 0 Å². The molecule has 0 saturated carbocycles. The van der Waals surface area contributed by atoms with Crippen LogP contribution in [-0.4, -0.2) is 53.6 Å². The minimum atomic E-state index is -0.0691. The van der Waals surface area contributed by atoms with E-state index in [-0.39, 0.29) is 5.91 Å². The fraction of sp³-hybridized carbons (Fsp3) is 0.476. The van der Waals surface area contributed by atoms with Crippen molar-refractivity contribution in [3.05, 3.63) is 45.7 Å². The average molecular weight is 447 g/mol. The van der Waals surface area contributed by atoms with E-state index in [1.54, 1.807) is 11.0 Å². The average Bonchev–Trinajstić information content (AvgIpc) is 2.69. The molecule has 1 aliphatic heterocycles. The van der Waals surface area contributed by atoms with Gasteiger partial charge in [-0.05, 0) is 59.5 Å². The first-order valence-electron chi connectivity index (χ1n) is 9.70. The summed E-state index contributed by atoms with van der Waals surface area (Å²) >= 11 is 3.70. The summed E-state index contributed by atoms with van der Waals surface area (Å²) in [7, 11) is 0. The van der Waals surface area contributed by atoms with Crippen LogP contribution >= 0.6 is 15.9 Å². The number of hydrogen-bond donors (Lipinski definition) is 0. The molecule has 1 aromatic carbocycles. The molecule has 0 bridgehead atoms. The molecule has 1 aliphatic rings. The summed E-state index contributed by atoms with van der Waals surface area (Å²) in [6, 6.07) is 8.10. The molecule has 6 nitrogen and oxygen atoms in total. The Morgan fingerprint density at radius 3 is 2.57 bits per heavy atom. The molecule has 1 saturated heterocycles. The van der Waals surface area contributed by atoms with Crippen molar-refractivity contribution in [2.24, 2.45) is 0 Å². The molecule has 0 unspecified atom stereocenters. The molecule has 28 heavy (non-hydrogen) atoms. The Kier molecular flexibility index (Phi) is 6.67. The van der Waals surface area contributed by atoms with Gasteiger partial charge in [-0.2, -0.15) is 0 Å². The van der Waals surface area contributed by atoms with Crippen LogP contribution in [0.4, 0.5) is 11.6 Å². The van der Waals surface area contributed by atoms with E-state index >= 15 is 0 Å². The molecule has 0 atom stereocenters. The topological polar surface area (TPSA) is 58.6 Å². The number of carbonyl (C=O) groups excluding carboxylic acids is 1. The standard InChI is InChI=1S/C21H27BrN4O2/c1-5-26(19-7-6-16(14(2)3)13-17(19)22)21-23-15(4)12-18(24-21)20(27)25-8-10-28-11-9-25/h6-7,12-14H,5,8-11H2,1-4H3. The maximum atomic E-state index is 12.9. The molecule has 1 amide bonds. The van der Waals surface area contributed by atoms with Crippen molar-refractivity contribution in [2.45, 2.75) is 33.6 Å². The van der Waals surface area contributed by atoms with Gasteiger partial charge in [0.1, 0.15) is 5.69 Å². The van der Waals surface area contributed by atoms with Crippen molar-refractivity contribution in [1.82, 2.24) is 14.9 Å². The lowest BCUT2D eigenvalue weighted by molar-refractivity contribution is 0.0299. The van der Waals surface area contributed by atoms with Crippen LogP contribution in [0.1, 0.15) is 48.4 Å². The van der Waals surface area contributed by atoms with Gasteiger partial charge in [-0.15, -0.1) is 0 Å². The number of nitrogens with zero attached hydrogens (tertiary/aromatic N) is 4. The van der Waals surface area contributed by atoms with Crippen molar-refractivity contribution >= 4 is 33.5 Å². The summed E-state index contributed by atoms with van der Waals surface area (Å²) in [6.07, 6.45) is 0. The monoisotopic (exact) mass is 446 g/mol. The zero-order chi connectivity index (χ0) is 20.3. The number of aryl methyl sites for hydroxylation is 1. The number of carbonyl (C=O) groups is 1. The summed E-state index contributed by atoms with van der Waals surface area (Å²) in [5.74, 6) is 0.922. The Morgan fingerprint density at radius 2 is 1.96 bits per heavy atom. The predicted octanol–water partition coefficient (Wildman–Crippen LogP) is 4.30. The van der Waals surface area contributed by atoms with Gasteiger partial charge in [0.25, 0.3) is 5.91 Å². The second-order valence-corrected chi connectivity index (χ2v) is 8.06. The number of aromatic nitrogens is 2. The zero-order valence-corrected chi connectivity index (χ0v) is 18.5. The molecule has 1 fully saturated rings. The quantitative estimate of drug-likeness (QED) is 0.684. The number of rotatable bonds is 5. The molecule has 0 N–H and O–H groups in total. The van der Waals surface area contributed by atoms with Crippen LogP contribution < -0.4 is 4.90 Å². The number of ether oxygens (including phenoxy) is 1. The summed E-state index contributed by atoms with van der Waals surface area (Å²) in [5, 5.41) is 0. The number of amides is 1. The number of hydrogen-bond acceptors (Lipinski definition) is 5. The summed E-state index contributed by atoms with van der Waals surface area (Å²) in [5.41, 5.74) is 3.45. The van der Waals surface area contributed by atoms with Crippen molar-refractivity contribution in [2.75, 3.05) is 37.7 Å². The SMILES string of the molecule is CCN(c1nc(C)cc(C(=O)N2CCOCC2)n1)c1ccc(C(C)C)cc1Br. The first-order chi connectivity index (χ1) is 13.4. The fourth-order valence-corrected chi connectivity index (χ4v) is 3.84. The third kappa shape index (κ3) is 4.52. The molecule has 0 radical (unpaired) electrons. The van der Waals surface area contributed by atoms with Gasteiger partial charge in [-0.25, -0.2) is 9.97 Å². The van der Waals surface area contributed by atoms with Gasteiger partial charge >= 0.3 is 0 Å². The molecular weight excluding hydrogens is 420 g/mol. The molecular formula is C21H27BrN4O2. The van der Waals surface area contributed by atoms with E-state index in [9.17, 15) is 4.79 Å². The second kappa shape index (κ2) is 9.01. The highest BCUT2D eigenvalue weighted by Gasteiger charge is 2.22. The van der Waals surface area contributed by atoms with Crippen LogP contribution in [0.25, 0.3) is 0 Å².